The highest BCUT2D eigenvalue weighted by Crippen LogP contribution is 2.24. The summed E-state index contributed by atoms with van der Waals surface area (Å²) in [4.78, 5) is 25.3. The van der Waals surface area contributed by atoms with Crippen molar-refractivity contribution in [3.63, 3.8) is 0 Å². The molecule has 1 N–H and O–H groups in total. The molecule has 6 heteroatoms. The molecular formula is C15H19ClN2O3. The van der Waals surface area contributed by atoms with Crippen molar-refractivity contribution < 1.29 is 14.3 Å². The predicted octanol–water partition coefficient (Wildman–Crippen LogP) is 1.94. The molecule has 21 heavy (non-hydrogen) atoms. The van der Waals surface area contributed by atoms with E-state index in [0.29, 0.717) is 19.6 Å². The summed E-state index contributed by atoms with van der Waals surface area (Å²) in [7, 11) is 0. The van der Waals surface area contributed by atoms with Crippen molar-refractivity contribution in [2.75, 3.05) is 23.9 Å². The van der Waals surface area contributed by atoms with Crippen LogP contribution in [-0.2, 0) is 9.59 Å². The molecule has 0 radical (unpaired) electrons. The van der Waals surface area contributed by atoms with Crippen LogP contribution in [0.3, 0.4) is 0 Å². The van der Waals surface area contributed by atoms with E-state index in [-0.39, 0.29) is 30.2 Å². The molecule has 1 saturated heterocycles. The molecule has 1 aliphatic heterocycles. The number of rotatable bonds is 6. The van der Waals surface area contributed by atoms with Crippen LogP contribution >= 0.6 is 11.6 Å². The standard InChI is InChI=1S/C15H19ClN2O3/c1-2-21-13-5-3-12(4-6-13)18-10-11(9-15(18)20)17-14(19)7-8-16/h3-6,11H,2,7-10H2,1H3,(H,17,19)/t11-/m1/s1. The van der Waals surface area contributed by atoms with Gasteiger partial charge in [-0.25, -0.2) is 0 Å². The maximum absolute atomic E-state index is 12.1. The van der Waals surface area contributed by atoms with Crippen LogP contribution in [0.25, 0.3) is 0 Å². The van der Waals surface area contributed by atoms with Gasteiger partial charge >= 0.3 is 0 Å². The molecule has 1 atom stereocenters. The van der Waals surface area contributed by atoms with Gasteiger partial charge in [-0.15, -0.1) is 11.6 Å². The molecule has 5 nitrogen and oxygen atoms in total. The monoisotopic (exact) mass is 310 g/mol. The summed E-state index contributed by atoms with van der Waals surface area (Å²) in [5.41, 5.74) is 0.817. The summed E-state index contributed by atoms with van der Waals surface area (Å²) < 4.78 is 5.38. The average Bonchev–Trinajstić information content (AvgIpc) is 2.81. The van der Waals surface area contributed by atoms with E-state index in [1.807, 2.05) is 31.2 Å². The smallest absolute Gasteiger partial charge is 0.229 e. The van der Waals surface area contributed by atoms with Gasteiger partial charge in [0, 0.05) is 31.0 Å². The second-order valence-corrected chi connectivity index (χ2v) is 5.22. The van der Waals surface area contributed by atoms with Gasteiger partial charge in [-0.2, -0.15) is 0 Å². The molecule has 0 unspecified atom stereocenters. The van der Waals surface area contributed by atoms with E-state index in [4.69, 9.17) is 16.3 Å². The lowest BCUT2D eigenvalue weighted by atomic mass is 10.2. The third-order valence-corrected chi connectivity index (χ3v) is 3.46. The first-order valence-electron chi connectivity index (χ1n) is 7.02. The first-order valence-corrected chi connectivity index (χ1v) is 7.56. The lowest BCUT2D eigenvalue weighted by Crippen LogP contribution is -2.37. The van der Waals surface area contributed by atoms with E-state index in [9.17, 15) is 9.59 Å². The van der Waals surface area contributed by atoms with Gasteiger partial charge in [0.2, 0.25) is 11.8 Å². The molecule has 2 rings (SSSR count). The van der Waals surface area contributed by atoms with Crippen molar-refractivity contribution >= 4 is 29.1 Å². The lowest BCUT2D eigenvalue weighted by Gasteiger charge is -2.17. The van der Waals surface area contributed by atoms with Crippen molar-refractivity contribution in [2.45, 2.75) is 25.8 Å². The minimum absolute atomic E-state index is 0.00957. The molecule has 2 amide bonds. The van der Waals surface area contributed by atoms with Gasteiger partial charge in [0.1, 0.15) is 5.75 Å². The highest BCUT2D eigenvalue weighted by atomic mass is 35.5. The van der Waals surface area contributed by atoms with Gasteiger partial charge < -0.3 is 15.0 Å². The van der Waals surface area contributed by atoms with E-state index < -0.39 is 0 Å². The summed E-state index contributed by atoms with van der Waals surface area (Å²) in [6.07, 6.45) is 0.594. The number of alkyl halides is 1. The van der Waals surface area contributed by atoms with Gasteiger partial charge in [-0.1, -0.05) is 0 Å². The molecule has 1 fully saturated rings. The third-order valence-electron chi connectivity index (χ3n) is 3.27. The highest BCUT2D eigenvalue weighted by molar-refractivity contribution is 6.18. The number of halogens is 1. The number of hydrogen-bond acceptors (Lipinski definition) is 3. The second-order valence-electron chi connectivity index (χ2n) is 4.84. The van der Waals surface area contributed by atoms with E-state index in [2.05, 4.69) is 5.32 Å². The van der Waals surface area contributed by atoms with Crippen molar-refractivity contribution in [3.05, 3.63) is 24.3 Å². The summed E-state index contributed by atoms with van der Waals surface area (Å²) in [6, 6.07) is 7.23. The molecule has 1 aromatic carbocycles. The molecule has 0 aliphatic carbocycles. The number of amides is 2. The van der Waals surface area contributed by atoms with Crippen molar-refractivity contribution in [1.29, 1.82) is 0 Å². The van der Waals surface area contributed by atoms with E-state index >= 15 is 0 Å². The number of anilines is 1. The number of hydrogen-bond donors (Lipinski definition) is 1. The van der Waals surface area contributed by atoms with Crippen LogP contribution in [0.2, 0.25) is 0 Å². The number of carbonyl (C=O) groups is 2. The van der Waals surface area contributed by atoms with Crippen LogP contribution in [0.1, 0.15) is 19.8 Å². The molecule has 1 aromatic rings. The first-order chi connectivity index (χ1) is 10.1. The van der Waals surface area contributed by atoms with Crippen LogP contribution in [0.4, 0.5) is 5.69 Å². The van der Waals surface area contributed by atoms with E-state index in [1.165, 1.54) is 0 Å². The fraction of sp³-hybridized carbons (Fsp3) is 0.467. The third kappa shape index (κ3) is 4.11. The number of nitrogens with one attached hydrogen (secondary N) is 1. The van der Waals surface area contributed by atoms with Gasteiger partial charge in [0.15, 0.2) is 0 Å². The fourth-order valence-electron chi connectivity index (χ4n) is 2.33. The fourth-order valence-corrected chi connectivity index (χ4v) is 2.50. The Bertz CT molecular complexity index is 504. The Balaban J connectivity index is 1.97. The zero-order chi connectivity index (χ0) is 15.2. The topological polar surface area (TPSA) is 58.6 Å². The van der Waals surface area contributed by atoms with Gasteiger partial charge in [0.25, 0.3) is 0 Å². The maximum Gasteiger partial charge on any atom is 0.229 e. The number of carbonyl (C=O) groups excluding carboxylic acids is 2. The Morgan fingerprint density at radius 3 is 2.76 bits per heavy atom. The van der Waals surface area contributed by atoms with Crippen LogP contribution in [0, 0.1) is 0 Å². The lowest BCUT2D eigenvalue weighted by molar-refractivity contribution is -0.121. The van der Waals surface area contributed by atoms with E-state index in [0.717, 1.165) is 11.4 Å². The van der Waals surface area contributed by atoms with Crippen LogP contribution < -0.4 is 15.0 Å². The SMILES string of the molecule is CCOc1ccc(N2C[C@H](NC(=O)CCCl)CC2=O)cc1. The largest absolute Gasteiger partial charge is 0.494 e. The molecular weight excluding hydrogens is 292 g/mol. The first kappa shape index (κ1) is 15.6. The maximum atomic E-state index is 12.1. The molecule has 1 aliphatic rings. The number of nitrogens with zero attached hydrogens (tertiary/aromatic N) is 1. The van der Waals surface area contributed by atoms with Crippen molar-refractivity contribution in [2.24, 2.45) is 0 Å². The Morgan fingerprint density at radius 1 is 1.43 bits per heavy atom. The molecule has 0 aromatic heterocycles. The van der Waals surface area contributed by atoms with E-state index in [1.54, 1.807) is 4.90 Å². The summed E-state index contributed by atoms with van der Waals surface area (Å²) >= 11 is 5.53. The predicted molar refractivity (Wildman–Crippen MR) is 81.8 cm³/mol. The van der Waals surface area contributed by atoms with Gasteiger partial charge in [0.05, 0.1) is 12.6 Å². The van der Waals surface area contributed by atoms with Crippen LogP contribution in [0.15, 0.2) is 24.3 Å². The average molecular weight is 311 g/mol. The quantitative estimate of drug-likeness (QED) is 0.817. The summed E-state index contributed by atoms with van der Waals surface area (Å²) in [6.45, 7) is 3.02. The Kier molecular flexibility index (Phi) is 5.44. The van der Waals surface area contributed by atoms with Gasteiger partial charge in [-0.05, 0) is 31.2 Å². The number of benzene rings is 1. The van der Waals surface area contributed by atoms with Crippen LogP contribution in [-0.4, -0.2) is 36.9 Å². The van der Waals surface area contributed by atoms with Crippen molar-refractivity contribution in [1.82, 2.24) is 5.32 Å². The second kappa shape index (κ2) is 7.31. The van der Waals surface area contributed by atoms with Crippen LogP contribution in [0.5, 0.6) is 5.75 Å². The minimum atomic E-state index is -0.153. The molecule has 0 bridgehead atoms. The molecule has 114 valence electrons. The molecule has 1 heterocycles. The molecule has 0 spiro atoms. The molecule has 0 saturated carbocycles. The Labute approximate surface area is 129 Å². The number of ether oxygens (including phenoxy) is 1. The highest BCUT2D eigenvalue weighted by Gasteiger charge is 2.31. The summed E-state index contributed by atoms with van der Waals surface area (Å²) in [5.74, 6) is 0.960. The van der Waals surface area contributed by atoms with Crippen molar-refractivity contribution in [3.8, 4) is 5.75 Å². The normalized spacial score (nSPS) is 17.9. The zero-order valence-corrected chi connectivity index (χ0v) is 12.7. The summed E-state index contributed by atoms with van der Waals surface area (Å²) in [5, 5.41) is 2.83. The Morgan fingerprint density at radius 2 is 2.14 bits per heavy atom. The Hall–Kier alpha value is -1.75. The van der Waals surface area contributed by atoms with Gasteiger partial charge in [-0.3, -0.25) is 9.59 Å². The minimum Gasteiger partial charge on any atom is -0.494 e. The zero-order valence-electron chi connectivity index (χ0n) is 12.0.